The summed E-state index contributed by atoms with van der Waals surface area (Å²) in [4.78, 5) is 2.99. The Morgan fingerprint density at radius 3 is 2.77 bits per heavy atom. The van der Waals surface area contributed by atoms with Gasteiger partial charge >= 0.3 is 0 Å². The van der Waals surface area contributed by atoms with Crippen LogP contribution in [0.1, 0.15) is 10.4 Å². The molecule has 4 nitrogen and oxygen atoms in total. The molecule has 0 spiro atoms. The molecule has 72 valence electrons. The second-order valence-electron chi connectivity index (χ2n) is 2.59. The van der Waals surface area contributed by atoms with Crippen LogP contribution in [0.2, 0.25) is 0 Å². The Labute approximate surface area is 81.3 Å². The highest BCUT2D eigenvalue weighted by atomic mass is 32.2. The molecule has 0 aliphatic rings. The summed E-state index contributed by atoms with van der Waals surface area (Å²) >= 11 is 1.52. The summed E-state index contributed by atoms with van der Waals surface area (Å²) in [6, 6.07) is 1.95. The lowest BCUT2D eigenvalue weighted by molar-refractivity contribution is 0.591. The summed E-state index contributed by atoms with van der Waals surface area (Å²) in [6.45, 7) is 1.94. The van der Waals surface area contributed by atoms with Gasteiger partial charge in [0.1, 0.15) is 0 Å². The van der Waals surface area contributed by atoms with E-state index in [0.29, 0.717) is 0 Å². The summed E-state index contributed by atoms with van der Waals surface area (Å²) < 4.78 is 21.2. The molecule has 0 saturated carbocycles. The molecule has 1 heterocycles. The van der Waals surface area contributed by atoms with Gasteiger partial charge in [-0.2, -0.15) is 5.10 Å². The number of nitrogens with zero attached hydrogens (tertiary/aromatic N) is 1. The number of rotatable bonds is 3. The van der Waals surface area contributed by atoms with Gasteiger partial charge in [0.05, 0.1) is 17.3 Å². The van der Waals surface area contributed by atoms with Crippen LogP contribution in [-0.2, 0) is 10.0 Å². The second kappa shape index (κ2) is 3.89. The third-order valence-corrected chi connectivity index (χ3v) is 2.69. The summed E-state index contributed by atoms with van der Waals surface area (Å²) in [5.41, 5.74) is 1.09. The number of aryl methyl sites for hydroxylation is 1. The normalized spacial score (nSPS) is 12.2. The molecule has 0 saturated heterocycles. The van der Waals surface area contributed by atoms with Crippen molar-refractivity contribution < 1.29 is 8.42 Å². The van der Waals surface area contributed by atoms with Crippen LogP contribution < -0.4 is 4.83 Å². The molecule has 0 fully saturated rings. The van der Waals surface area contributed by atoms with Gasteiger partial charge in [-0.05, 0) is 23.9 Å². The zero-order valence-corrected chi connectivity index (χ0v) is 8.95. The zero-order chi connectivity index (χ0) is 9.90. The molecule has 0 atom stereocenters. The molecule has 1 rings (SSSR count). The van der Waals surface area contributed by atoms with E-state index in [1.165, 1.54) is 17.6 Å². The molecule has 0 bridgehead atoms. The van der Waals surface area contributed by atoms with Crippen molar-refractivity contribution in [1.82, 2.24) is 4.83 Å². The lowest BCUT2D eigenvalue weighted by Crippen LogP contribution is -2.15. The molecule has 0 amide bonds. The Morgan fingerprint density at radius 2 is 2.31 bits per heavy atom. The van der Waals surface area contributed by atoms with E-state index in [-0.39, 0.29) is 0 Å². The summed E-state index contributed by atoms with van der Waals surface area (Å²) in [6.07, 6.45) is 2.56. The largest absolute Gasteiger partial charge is 0.244 e. The van der Waals surface area contributed by atoms with Crippen molar-refractivity contribution >= 4 is 27.6 Å². The zero-order valence-electron chi connectivity index (χ0n) is 7.31. The maximum absolute atomic E-state index is 10.6. The van der Waals surface area contributed by atoms with Gasteiger partial charge in [-0.3, -0.25) is 0 Å². The topological polar surface area (TPSA) is 58.5 Å². The van der Waals surface area contributed by atoms with Crippen molar-refractivity contribution in [2.75, 3.05) is 6.26 Å². The molecular weight excluding hydrogens is 208 g/mol. The first-order chi connectivity index (χ1) is 5.99. The van der Waals surface area contributed by atoms with Crippen LogP contribution in [-0.4, -0.2) is 20.9 Å². The molecule has 1 N–H and O–H groups in total. The van der Waals surface area contributed by atoms with Crippen LogP contribution in [0.3, 0.4) is 0 Å². The average molecular weight is 218 g/mol. The van der Waals surface area contributed by atoms with Crippen molar-refractivity contribution in [1.29, 1.82) is 0 Å². The lowest BCUT2D eigenvalue weighted by Gasteiger charge is -1.93. The highest BCUT2D eigenvalue weighted by molar-refractivity contribution is 7.88. The minimum absolute atomic E-state index is 0.955. The Bertz CT molecular complexity index is 406. The van der Waals surface area contributed by atoms with E-state index in [1.54, 1.807) is 0 Å². The first kappa shape index (κ1) is 10.2. The molecule has 0 unspecified atom stereocenters. The van der Waals surface area contributed by atoms with Crippen LogP contribution in [0, 0.1) is 6.92 Å². The fraction of sp³-hybridized carbons (Fsp3) is 0.286. The molecule has 13 heavy (non-hydrogen) atoms. The number of nitrogens with one attached hydrogen (secondary N) is 1. The first-order valence-corrected chi connectivity index (χ1v) is 6.30. The van der Waals surface area contributed by atoms with Crippen molar-refractivity contribution in [3.05, 3.63) is 21.9 Å². The van der Waals surface area contributed by atoms with E-state index in [4.69, 9.17) is 0 Å². The van der Waals surface area contributed by atoms with Gasteiger partial charge in [-0.15, -0.1) is 11.3 Å². The second-order valence-corrected chi connectivity index (χ2v) is 5.26. The fourth-order valence-electron chi connectivity index (χ4n) is 0.697. The van der Waals surface area contributed by atoms with Crippen molar-refractivity contribution in [2.45, 2.75) is 6.92 Å². The van der Waals surface area contributed by atoms with E-state index < -0.39 is 10.0 Å². The summed E-state index contributed by atoms with van der Waals surface area (Å²) in [7, 11) is -3.23. The predicted molar refractivity (Wildman–Crippen MR) is 54.6 cm³/mol. The standard InChI is InChI=1S/C7H10N2O2S2/c1-6-3-4-12-7(6)5-8-9-13(2,10)11/h3-5,9H,1-2H3/b8-5+. The van der Waals surface area contributed by atoms with Crippen LogP contribution in [0.5, 0.6) is 0 Å². The Balaban J connectivity index is 2.65. The Morgan fingerprint density at radius 1 is 1.62 bits per heavy atom. The monoisotopic (exact) mass is 218 g/mol. The van der Waals surface area contributed by atoms with Crippen molar-refractivity contribution in [3.8, 4) is 0 Å². The molecular formula is C7H10N2O2S2. The van der Waals surface area contributed by atoms with Gasteiger partial charge in [0, 0.05) is 0 Å². The minimum atomic E-state index is -3.23. The van der Waals surface area contributed by atoms with Gasteiger partial charge in [0.25, 0.3) is 0 Å². The Hall–Kier alpha value is -0.880. The molecule has 1 aromatic heterocycles. The maximum Gasteiger partial charge on any atom is 0.244 e. The van der Waals surface area contributed by atoms with Gasteiger partial charge in [-0.1, -0.05) is 0 Å². The van der Waals surface area contributed by atoms with E-state index in [0.717, 1.165) is 16.7 Å². The molecule has 0 aromatic carbocycles. The molecule has 0 aliphatic heterocycles. The van der Waals surface area contributed by atoms with Gasteiger partial charge in [0.2, 0.25) is 10.0 Å². The number of sulfonamides is 1. The highest BCUT2D eigenvalue weighted by Gasteiger charge is 1.97. The fourth-order valence-corrected chi connectivity index (χ4v) is 1.73. The van der Waals surface area contributed by atoms with Gasteiger partial charge < -0.3 is 0 Å². The van der Waals surface area contributed by atoms with Crippen LogP contribution in [0.4, 0.5) is 0 Å². The molecule has 6 heteroatoms. The number of hydrogen-bond acceptors (Lipinski definition) is 4. The molecule has 0 radical (unpaired) electrons. The van der Waals surface area contributed by atoms with Crippen LogP contribution in [0.15, 0.2) is 16.5 Å². The summed E-state index contributed by atoms with van der Waals surface area (Å²) in [5.74, 6) is 0. The van der Waals surface area contributed by atoms with E-state index >= 15 is 0 Å². The minimum Gasteiger partial charge on any atom is -0.206 e. The molecule has 0 aliphatic carbocycles. The van der Waals surface area contributed by atoms with E-state index in [1.807, 2.05) is 23.2 Å². The van der Waals surface area contributed by atoms with E-state index in [2.05, 4.69) is 5.10 Å². The van der Waals surface area contributed by atoms with Crippen LogP contribution in [0.25, 0.3) is 0 Å². The smallest absolute Gasteiger partial charge is 0.206 e. The van der Waals surface area contributed by atoms with Crippen molar-refractivity contribution in [3.63, 3.8) is 0 Å². The first-order valence-electron chi connectivity index (χ1n) is 3.53. The van der Waals surface area contributed by atoms with Gasteiger partial charge in [0.15, 0.2) is 0 Å². The third-order valence-electron chi connectivity index (χ3n) is 1.30. The number of hydrazone groups is 1. The number of thiophene rings is 1. The highest BCUT2D eigenvalue weighted by Crippen LogP contribution is 2.12. The predicted octanol–water partition coefficient (Wildman–Crippen LogP) is 0.940. The SMILES string of the molecule is Cc1ccsc1/C=N/NS(C)(=O)=O. The lowest BCUT2D eigenvalue weighted by atomic mass is 10.3. The third kappa shape index (κ3) is 3.56. The average Bonchev–Trinajstić information content (AvgIpc) is 2.34. The molecule has 1 aromatic rings. The Kier molecular flexibility index (Phi) is 3.05. The van der Waals surface area contributed by atoms with E-state index in [9.17, 15) is 8.42 Å². The summed E-state index contributed by atoms with van der Waals surface area (Å²) in [5, 5.41) is 5.52. The number of hydrogen-bond donors (Lipinski definition) is 1. The maximum atomic E-state index is 10.6. The quantitative estimate of drug-likeness (QED) is 0.606. The van der Waals surface area contributed by atoms with Crippen LogP contribution >= 0.6 is 11.3 Å². The van der Waals surface area contributed by atoms with Gasteiger partial charge in [-0.25, -0.2) is 13.2 Å². The van der Waals surface area contributed by atoms with Crippen molar-refractivity contribution in [2.24, 2.45) is 5.10 Å².